The lowest BCUT2D eigenvalue weighted by atomic mass is 9.85. The lowest BCUT2D eigenvalue weighted by Crippen LogP contribution is -2.53. The van der Waals surface area contributed by atoms with Gasteiger partial charge in [-0.1, -0.05) is 40.5 Å². The highest BCUT2D eigenvalue weighted by molar-refractivity contribution is 5.89. The van der Waals surface area contributed by atoms with Crippen LogP contribution in [0.15, 0.2) is 12.3 Å². The Kier molecular flexibility index (Phi) is 4.37. The first kappa shape index (κ1) is 16.9. The van der Waals surface area contributed by atoms with Crippen LogP contribution in [0.5, 0.6) is 0 Å². The maximum atomic E-state index is 13.2. The Bertz CT molecular complexity index is 756. The zero-order chi connectivity index (χ0) is 17.5. The zero-order valence-corrected chi connectivity index (χ0v) is 15.5. The van der Waals surface area contributed by atoms with E-state index in [-0.39, 0.29) is 11.8 Å². The number of hydrogen-bond acceptors (Lipinski definition) is 3. The van der Waals surface area contributed by atoms with Gasteiger partial charge in [0.1, 0.15) is 17.0 Å². The summed E-state index contributed by atoms with van der Waals surface area (Å²) in [5.41, 5.74) is 1.59. The molecule has 5 heteroatoms. The number of amides is 1. The van der Waals surface area contributed by atoms with E-state index in [2.05, 4.69) is 43.3 Å². The van der Waals surface area contributed by atoms with E-state index in [1.165, 1.54) is 5.69 Å². The van der Waals surface area contributed by atoms with Crippen molar-refractivity contribution in [3.8, 4) is 0 Å². The van der Waals surface area contributed by atoms with Crippen molar-refractivity contribution in [3.63, 3.8) is 0 Å². The standard InChI is InChI=1S/C19H28N4O/c1-6-8-19(9-7-2)18(24)22(5)12-15-10-14-11-20-16(13(3)4)21-17(14)23(15)19/h10-11,13H,6-9,12H2,1-5H3. The summed E-state index contributed by atoms with van der Waals surface area (Å²) in [5, 5.41) is 1.04. The van der Waals surface area contributed by atoms with Crippen molar-refractivity contribution in [1.82, 2.24) is 19.4 Å². The molecule has 24 heavy (non-hydrogen) atoms. The van der Waals surface area contributed by atoms with Crippen LogP contribution in [0.25, 0.3) is 11.0 Å². The molecule has 0 N–H and O–H groups in total. The lowest BCUT2D eigenvalue weighted by Gasteiger charge is -2.42. The fourth-order valence-electron chi connectivity index (χ4n) is 4.08. The Morgan fingerprint density at radius 2 is 1.92 bits per heavy atom. The molecule has 130 valence electrons. The van der Waals surface area contributed by atoms with E-state index in [0.29, 0.717) is 6.54 Å². The highest BCUT2D eigenvalue weighted by atomic mass is 16.2. The Morgan fingerprint density at radius 3 is 2.50 bits per heavy atom. The predicted octanol–water partition coefficient (Wildman–Crippen LogP) is 3.82. The largest absolute Gasteiger partial charge is 0.338 e. The van der Waals surface area contributed by atoms with Crippen LogP contribution in [-0.4, -0.2) is 32.4 Å². The summed E-state index contributed by atoms with van der Waals surface area (Å²) in [6, 6.07) is 2.16. The van der Waals surface area contributed by atoms with Gasteiger partial charge in [0.15, 0.2) is 0 Å². The first-order chi connectivity index (χ1) is 11.4. The Labute approximate surface area is 144 Å². The molecule has 0 atom stereocenters. The molecule has 0 spiro atoms. The molecule has 0 aliphatic carbocycles. The molecule has 0 unspecified atom stereocenters. The molecule has 0 aromatic carbocycles. The zero-order valence-electron chi connectivity index (χ0n) is 15.5. The first-order valence-corrected chi connectivity index (χ1v) is 9.08. The molecule has 1 aliphatic rings. The molecular formula is C19H28N4O. The summed E-state index contributed by atoms with van der Waals surface area (Å²) in [5.74, 6) is 1.34. The van der Waals surface area contributed by atoms with Crippen LogP contribution in [0, 0.1) is 0 Å². The van der Waals surface area contributed by atoms with Gasteiger partial charge in [0.05, 0.1) is 6.54 Å². The van der Waals surface area contributed by atoms with Crippen LogP contribution in [-0.2, 0) is 16.9 Å². The second-order valence-corrected chi connectivity index (χ2v) is 7.33. The van der Waals surface area contributed by atoms with Gasteiger partial charge in [-0.25, -0.2) is 9.97 Å². The van der Waals surface area contributed by atoms with Gasteiger partial charge in [-0.3, -0.25) is 4.79 Å². The molecule has 2 aromatic rings. The fourth-order valence-corrected chi connectivity index (χ4v) is 4.08. The molecule has 1 aliphatic heterocycles. The van der Waals surface area contributed by atoms with Crippen LogP contribution in [0.1, 0.15) is 70.8 Å². The minimum absolute atomic E-state index is 0.223. The van der Waals surface area contributed by atoms with Crippen LogP contribution in [0.2, 0.25) is 0 Å². The van der Waals surface area contributed by atoms with E-state index in [4.69, 9.17) is 4.98 Å². The van der Waals surface area contributed by atoms with Crippen molar-refractivity contribution in [3.05, 3.63) is 23.8 Å². The molecule has 3 rings (SSSR count). The molecule has 0 saturated carbocycles. The van der Waals surface area contributed by atoms with Crippen molar-refractivity contribution in [2.24, 2.45) is 0 Å². The van der Waals surface area contributed by atoms with E-state index < -0.39 is 5.54 Å². The highest BCUT2D eigenvalue weighted by Gasteiger charge is 2.46. The number of nitrogens with zero attached hydrogens (tertiary/aromatic N) is 4. The molecule has 0 bridgehead atoms. The lowest BCUT2D eigenvalue weighted by molar-refractivity contribution is -0.143. The molecule has 5 nitrogen and oxygen atoms in total. The van der Waals surface area contributed by atoms with Crippen LogP contribution in [0.3, 0.4) is 0 Å². The molecule has 2 aromatic heterocycles. The van der Waals surface area contributed by atoms with E-state index in [1.54, 1.807) is 0 Å². The van der Waals surface area contributed by atoms with Crippen molar-refractivity contribution >= 4 is 16.9 Å². The van der Waals surface area contributed by atoms with E-state index in [0.717, 1.165) is 42.5 Å². The van der Waals surface area contributed by atoms with Gasteiger partial charge < -0.3 is 9.47 Å². The van der Waals surface area contributed by atoms with Gasteiger partial charge in [0.25, 0.3) is 0 Å². The van der Waals surface area contributed by atoms with E-state index in [9.17, 15) is 4.79 Å². The predicted molar refractivity (Wildman–Crippen MR) is 95.9 cm³/mol. The quantitative estimate of drug-likeness (QED) is 0.838. The summed E-state index contributed by atoms with van der Waals surface area (Å²) in [7, 11) is 1.91. The monoisotopic (exact) mass is 328 g/mol. The maximum Gasteiger partial charge on any atom is 0.248 e. The Hall–Kier alpha value is -1.91. The molecule has 0 radical (unpaired) electrons. The summed E-state index contributed by atoms with van der Waals surface area (Å²) in [6.45, 7) is 9.15. The SMILES string of the molecule is CCCC1(CCC)C(=O)N(C)Cc2cc3cnc(C(C)C)nc3n21. The number of fused-ring (bicyclic) bond motifs is 3. The summed E-state index contributed by atoms with van der Waals surface area (Å²) in [4.78, 5) is 24.4. The fraction of sp³-hybridized carbons (Fsp3) is 0.632. The highest BCUT2D eigenvalue weighted by Crippen LogP contribution is 2.39. The van der Waals surface area contributed by atoms with Gasteiger partial charge in [0, 0.05) is 30.2 Å². The number of likely N-dealkylation sites (N-methyl/N-ethyl adjacent to an activating group) is 1. The minimum Gasteiger partial charge on any atom is -0.338 e. The smallest absolute Gasteiger partial charge is 0.248 e. The van der Waals surface area contributed by atoms with Gasteiger partial charge in [0.2, 0.25) is 5.91 Å². The third-order valence-corrected chi connectivity index (χ3v) is 5.05. The van der Waals surface area contributed by atoms with Gasteiger partial charge in [-0.05, 0) is 18.9 Å². The molecule has 1 amide bonds. The summed E-state index contributed by atoms with van der Waals surface area (Å²) >= 11 is 0. The molecule has 3 heterocycles. The molecule has 0 saturated heterocycles. The topological polar surface area (TPSA) is 51.0 Å². The van der Waals surface area contributed by atoms with Crippen LogP contribution in [0.4, 0.5) is 0 Å². The normalized spacial score (nSPS) is 16.9. The number of aromatic nitrogens is 3. The van der Waals surface area contributed by atoms with Crippen molar-refractivity contribution in [2.75, 3.05) is 7.05 Å². The molecule has 0 fully saturated rings. The summed E-state index contributed by atoms with van der Waals surface area (Å²) in [6.07, 6.45) is 5.56. The van der Waals surface area contributed by atoms with Gasteiger partial charge in [-0.15, -0.1) is 0 Å². The average molecular weight is 328 g/mol. The number of carbonyl (C=O) groups is 1. The second-order valence-electron chi connectivity index (χ2n) is 7.33. The maximum absolute atomic E-state index is 13.2. The van der Waals surface area contributed by atoms with E-state index >= 15 is 0 Å². The second kappa shape index (κ2) is 6.19. The number of carbonyl (C=O) groups excluding carboxylic acids is 1. The van der Waals surface area contributed by atoms with Crippen molar-refractivity contribution < 1.29 is 4.79 Å². The van der Waals surface area contributed by atoms with Crippen LogP contribution < -0.4 is 0 Å². The average Bonchev–Trinajstić information content (AvgIpc) is 2.90. The number of hydrogen-bond donors (Lipinski definition) is 0. The van der Waals surface area contributed by atoms with Gasteiger partial charge >= 0.3 is 0 Å². The Morgan fingerprint density at radius 1 is 1.25 bits per heavy atom. The summed E-state index contributed by atoms with van der Waals surface area (Å²) < 4.78 is 2.24. The number of rotatable bonds is 5. The minimum atomic E-state index is -0.504. The van der Waals surface area contributed by atoms with Crippen molar-refractivity contribution in [2.45, 2.75) is 71.4 Å². The Balaban J connectivity index is 2.31. The third kappa shape index (κ3) is 2.41. The van der Waals surface area contributed by atoms with E-state index in [1.807, 2.05) is 18.1 Å². The first-order valence-electron chi connectivity index (χ1n) is 9.08. The third-order valence-electron chi connectivity index (χ3n) is 5.05. The van der Waals surface area contributed by atoms with Crippen molar-refractivity contribution in [1.29, 1.82) is 0 Å². The van der Waals surface area contributed by atoms with Gasteiger partial charge in [-0.2, -0.15) is 0 Å². The molecular weight excluding hydrogens is 300 g/mol. The van der Waals surface area contributed by atoms with Crippen LogP contribution >= 0.6 is 0 Å².